The summed E-state index contributed by atoms with van der Waals surface area (Å²) in [6, 6.07) is 7.45. The molecule has 2 heterocycles. The Morgan fingerprint density at radius 1 is 1.36 bits per heavy atom. The van der Waals surface area contributed by atoms with Crippen LogP contribution in [0.2, 0.25) is 0 Å². The number of rotatable bonds is 3. The number of urea groups is 1. The maximum Gasteiger partial charge on any atom is 0.321 e. The standard InChI is InChI=1S/C19H26N4O2/c1-19(2,3)25-16-9-5-4-8-15(16)22-18(24)23-12-6-7-14(13-23)17-20-10-11-21-17/h4-5,8-11,14H,6-7,12-13H2,1-3H3,(H,20,21)(H,22,24). The number of benzene rings is 1. The quantitative estimate of drug-likeness (QED) is 0.886. The summed E-state index contributed by atoms with van der Waals surface area (Å²) in [4.78, 5) is 22.1. The van der Waals surface area contributed by atoms with E-state index in [1.54, 1.807) is 6.20 Å². The monoisotopic (exact) mass is 342 g/mol. The van der Waals surface area contributed by atoms with Crippen LogP contribution in [0.3, 0.4) is 0 Å². The van der Waals surface area contributed by atoms with E-state index in [2.05, 4.69) is 15.3 Å². The molecule has 1 atom stereocenters. The van der Waals surface area contributed by atoms with Gasteiger partial charge in [-0.1, -0.05) is 12.1 Å². The number of ether oxygens (including phenoxy) is 1. The Hall–Kier alpha value is -2.50. The molecule has 0 radical (unpaired) electrons. The minimum absolute atomic E-state index is 0.0961. The molecule has 0 bridgehead atoms. The van der Waals surface area contributed by atoms with Gasteiger partial charge in [0.2, 0.25) is 0 Å². The lowest BCUT2D eigenvalue weighted by Crippen LogP contribution is -2.42. The first kappa shape index (κ1) is 17.3. The van der Waals surface area contributed by atoms with E-state index >= 15 is 0 Å². The molecule has 1 aliphatic rings. The van der Waals surface area contributed by atoms with Gasteiger partial charge in [-0.15, -0.1) is 0 Å². The fourth-order valence-electron chi connectivity index (χ4n) is 3.07. The molecule has 1 saturated heterocycles. The lowest BCUT2D eigenvalue weighted by atomic mass is 9.98. The number of aromatic amines is 1. The van der Waals surface area contributed by atoms with Crippen LogP contribution in [0.15, 0.2) is 36.7 Å². The van der Waals surface area contributed by atoms with Crippen molar-refractivity contribution >= 4 is 11.7 Å². The summed E-state index contributed by atoms with van der Waals surface area (Å²) < 4.78 is 5.95. The van der Waals surface area contributed by atoms with Crippen molar-refractivity contribution < 1.29 is 9.53 Å². The fourth-order valence-corrected chi connectivity index (χ4v) is 3.07. The van der Waals surface area contributed by atoms with Gasteiger partial charge in [-0.2, -0.15) is 0 Å². The fraction of sp³-hybridized carbons (Fsp3) is 0.474. The smallest absolute Gasteiger partial charge is 0.321 e. The highest BCUT2D eigenvalue weighted by Gasteiger charge is 2.26. The summed E-state index contributed by atoms with van der Waals surface area (Å²) in [5.41, 5.74) is 0.374. The highest BCUT2D eigenvalue weighted by atomic mass is 16.5. The molecule has 134 valence electrons. The van der Waals surface area contributed by atoms with E-state index in [-0.39, 0.29) is 17.6 Å². The van der Waals surface area contributed by atoms with Crippen molar-refractivity contribution in [3.05, 3.63) is 42.5 Å². The minimum atomic E-state index is -0.323. The largest absolute Gasteiger partial charge is 0.486 e. The van der Waals surface area contributed by atoms with Crippen LogP contribution in [0, 0.1) is 0 Å². The van der Waals surface area contributed by atoms with Gasteiger partial charge in [-0.25, -0.2) is 9.78 Å². The summed E-state index contributed by atoms with van der Waals surface area (Å²) in [6.45, 7) is 7.39. The number of hydrogen-bond donors (Lipinski definition) is 2. The van der Waals surface area contributed by atoms with Crippen molar-refractivity contribution in [2.45, 2.75) is 45.1 Å². The van der Waals surface area contributed by atoms with Gasteiger partial charge in [0.25, 0.3) is 0 Å². The maximum atomic E-state index is 12.7. The van der Waals surface area contributed by atoms with E-state index < -0.39 is 0 Å². The Morgan fingerprint density at radius 2 is 2.16 bits per heavy atom. The first-order valence-electron chi connectivity index (χ1n) is 8.75. The molecule has 6 heteroatoms. The van der Waals surface area contributed by atoms with Crippen LogP contribution in [0.5, 0.6) is 5.75 Å². The number of nitrogens with zero attached hydrogens (tertiary/aromatic N) is 2. The predicted octanol–water partition coefficient (Wildman–Crippen LogP) is 4.00. The van der Waals surface area contributed by atoms with E-state index in [9.17, 15) is 4.79 Å². The van der Waals surface area contributed by atoms with Crippen LogP contribution in [0.1, 0.15) is 45.4 Å². The highest BCUT2D eigenvalue weighted by molar-refractivity contribution is 5.91. The topological polar surface area (TPSA) is 70.2 Å². The highest BCUT2D eigenvalue weighted by Crippen LogP contribution is 2.29. The molecule has 1 aromatic carbocycles. The van der Waals surface area contributed by atoms with E-state index in [0.29, 0.717) is 18.0 Å². The third-order valence-corrected chi connectivity index (χ3v) is 4.16. The van der Waals surface area contributed by atoms with Crippen molar-refractivity contribution in [3.8, 4) is 5.75 Å². The van der Waals surface area contributed by atoms with Crippen LogP contribution in [0.25, 0.3) is 0 Å². The van der Waals surface area contributed by atoms with Gasteiger partial charge in [0.05, 0.1) is 5.69 Å². The molecule has 2 amide bonds. The molecule has 1 aromatic heterocycles. The lowest BCUT2D eigenvalue weighted by molar-refractivity contribution is 0.131. The molecule has 0 saturated carbocycles. The molecule has 0 spiro atoms. The average Bonchev–Trinajstić information content (AvgIpc) is 3.10. The minimum Gasteiger partial charge on any atom is -0.486 e. The molecular formula is C19H26N4O2. The van der Waals surface area contributed by atoms with E-state index in [1.807, 2.05) is 56.1 Å². The molecule has 2 N–H and O–H groups in total. The van der Waals surface area contributed by atoms with Crippen molar-refractivity contribution in [2.75, 3.05) is 18.4 Å². The van der Waals surface area contributed by atoms with E-state index in [0.717, 1.165) is 25.2 Å². The number of hydrogen-bond acceptors (Lipinski definition) is 3. The van der Waals surface area contributed by atoms with Crippen LogP contribution >= 0.6 is 0 Å². The number of aromatic nitrogens is 2. The number of nitrogens with one attached hydrogen (secondary N) is 2. The van der Waals surface area contributed by atoms with Gasteiger partial charge in [0, 0.05) is 31.4 Å². The van der Waals surface area contributed by atoms with E-state index in [4.69, 9.17) is 4.74 Å². The Kier molecular flexibility index (Phi) is 4.97. The number of anilines is 1. The molecule has 0 aliphatic carbocycles. The first-order chi connectivity index (χ1) is 11.9. The normalized spacial score (nSPS) is 18.0. The number of piperidine rings is 1. The molecule has 2 aromatic rings. The van der Waals surface area contributed by atoms with Crippen LogP contribution in [-0.2, 0) is 0 Å². The summed E-state index contributed by atoms with van der Waals surface area (Å²) in [7, 11) is 0. The average molecular weight is 342 g/mol. The van der Waals surface area contributed by atoms with Crippen molar-refractivity contribution in [2.24, 2.45) is 0 Å². The second-order valence-electron chi connectivity index (χ2n) is 7.40. The third-order valence-electron chi connectivity index (χ3n) is 4.16. The SMILES string of the molecule is CC(C)(C)Oc1ccccc1NC(=O)N1CCCC(c2ncc[nH]2)C1. The third kappa shape index (κ3) is 4.53. The zero-order valence-electron chi connectivity index (χ0n) is 15.1. The summed E-state index contributed by atoms with van der Waals surface area (Å²) in [6.07, 6.45) is 5.60. The van der Waals surface area contributed by atoms with Gasteiger partial charge < -0.3 is 19.9 Å². The molecule has 1 unspecified atom stereocenters. The second-order valence-corrected chi connectivity index (χ2v) is 7.40. The summed E-state index contributed by atoms with van der Waals surface area (Å²) in [5, 5.41) is 3.00. The Morgan fingerprint density at radius 3 is 2.88 bits per heavy atom. The van der Waals surface area contributed by atoms with Crippen LogP contribution in [0.4, 0.5) is 10.5 Å². The molecular weight excluding hydrogens is 316 g/mol. The Bertz CT molecular complexity index is 706. The summed E-state index contributed by atoms with van der Waals surface area (Å²) in [5.74, 6) is 1.90. The molecule has 25 heavy (non-hydrogen) atoms. The zero-order chi connectivity index (χ0) is 17.9. The van der Waals surface area contributed by atoms with Gasteiger partial charge in [-0.3, -0.25) is 0 Å². The molecule has 1 aliphatic heterocycles. The number of amides is 2. The Labute approximate surface area is 148 Å². The first-order valence-corrected chi connectivity index (χ1v) is 8.75. The number of para-hydroxylation sites is 2. The second kappa shape index (κ2) is 7.17. The molecule has 1 fully saturated rings. The number of carbonyl (C=O) groups excluding carboxylic acids is 1. The van der Waals surface area contributed by atoms with E-state index in [1.165, 1.54) is 0 Å². The van der Waals surface area contributed by atoms with Crippen LogP contribution in [-0.4, -0.2) is 39.6 Å². The summed E-state index contributed by atoms with van der Waals surface area (Å²) >= 11 is 0. The van der Waals surface area contributed by atoms with Crippen LogP contribution < -0.4 is 10.1 Å². The molecule has 6 nitrogen and oxygen atoms in total. The predicted molar refractivity (Wildman–Crippen MR) is 98.0 cm³/mol. The van der Waals surface area contributed by atoms with Gasteiger partial charge in [-0.05, 0) is 45.7 Å². The van der Waals surface area contributed by atoms with Crippen molar-refractivity contribution in [1.82, 2.24) is 14.9 Å². The Balaban J connectivity index is 1.68. The van der Waals surface area contributed by atoms with Gasteiger partial charge in [0.15, 0.2) is 0 Å². The number of likely N-dealkylation sites (tertiary alicyclic amines) is 1. The maximum absolute atomic E-state index is 12.7. The number of imidazole rings is 1. The zero-order valence-corrected chi connectivity index (χ0v) is 15.1. The lowest BCUT2D eigenvalue weighted by Gasteiger charge is -2.32. The van der Waals surface area contributed by atoms with Crippen molar-refractivity contribution in [3.63, 3.8) is 0 Å². The number of H-pyrrole nitrogens is 1. The van der Waals surface area contributed by atoms with Crippen molar-refractivity contribution in [1.29, 1.82) is 0 Å². The van der Waals surface area contributed by atoms with Gasteiger partial charge in [0.1, 0.15) is 17.2 Å². The number of carbonyl (C=O) groups is 1. The van der Waals surface area contributed by atoms with Gasteiger partial charge >= 0.3 is 6.03 Å². The molecule has 3 rings (SSSR count).